The molecule has 0 spiro atoms. The van der Waals surface area contributed by atoms with Crippen molar-refractivity contribution in [2.75, 3.05) is 17.7 Å². The Bertz CT molecular complexity index is 1000. The number of alkyl carbamates (subject to hydrolysis) is 1. The van der Waals surface area contributed by atoms with Gasteiger partial charge in [0.05, 0.1) is 18.5 Å². The van der Waals surface area contributed by atoms with E-state index in [0.717, 1.165) is 0 Å². The number of ether oxygens (including phenoxy) is 1. The molecule has 9 nitrogen and oxygen atoms in total. The van der Waals surface area contributed by atoms with Crippen molar-refractivity contribution in [2.45, 2.75) is 26.7 Å². The Kier molecular flexibility index (Phi) is 8.44. The van der Waals surface area contributed by atoms with Gasteiger partial charge in [0.1, 0.15) is 0 Å². The molecule has 0 fully saturated rings. The molecule has 0 aliphatic heterocycles. The maximum Gasteiger partial charge on any atom is 0.413 e. The average Bonchev–Trinajstić information content (AvgIpc) is 2.74. The number of nitrogens with one attached hydrogen (secondary N) is 3. The molecule has 0 radical (unpaired) electrons. The number of hydrogen-bond donors (Lipinski definition) is 3. The normalized spacial score (nSPS) is 10.7. The van der Waals surface area contributed by atoms with Gasteiger partial charge in [-0.1, -0.05) is 37.3 Å². The Labute approximate surface area is 179 Å². The summed E-state index contributed by atoms with van der Waals surface area (Å²) in [7, 11) is 1.17. The van der Waals surface area contributed by atoms with Gasteiger partial charge in [-0.15, -0.1) is 0 Å². The lowest BCUT2D eigenvalue weighted by atomic mass is 10.0. The number of carbonyl (C=O) groups is 4. The largest absolute Gasteiger partial charge is 0.453 e. The molecule has 31 heavy (non-hydrogen) atoms. The molecule has 0 aromatic heterocycles. The predicted molar refractivity (Wildman–Crippen MR) is 117 cm³/mol. The van der Waals surface area contributed by atoms with Gasteiger partial charge >= 0.3 is 6.09 Å². The van der Waals surface area contributed by atoms with Crippen LogP contribution < -0.4 is 16.0 Å². The van der Waals surface area contributed by atoms with E-state index in [4.69, 9.17) is 0 Å². The van der Waals surface area contributed by atoms with Crippen LogP contribution in [0.1, 0.15) is 42.6 Å². The third-order valence-electron chi connectivity index (χ3n) is 3.99. The van der Waals surface area contributed by atoms with E-state index in [9.17, 15) is 19.2 Å². The Morgan fingerprint density at radius 3 is 2.26 bits per heavy atom. The second-order valence-electron chi connectivity index (χ2n) is 6.48. The van der Waals surface area contributed by atoms with E-state index in [-0.39, 0.29) is 29.8 Å². The first-order valence-electron chi connectivity index (χ1n) is 9.59. The summed E-state index contributed by atoms with van der Waals surface area (Å²) in [5.74, 6) is -1.23. The van der Waals surface area contributed by atoms with Crippen LogP contribution >= 0.6 is 0 Å². The van der Waals surface area contributed by atoms with E-state index in [1.54, 1.807) is 42.5 Å². The molecule has 0 saturated carbocycles. The molecular weight excluding hydrogens is 400 g/mol. The average molecular weight is 424 g/mol. The minimum absolute atomic E-state index is 0.180. The lowest BCUT2D eigenvalue weighted by Crippen LogP contribution is -2.36. The van der Waals surface area contributed by atoms with Crippen LogP contribution in [0.2, 0.25) is 0 Å². The molecule has 0 atom stereocenters. The topological polar surface area (TPSA) is 126 Å². The molecule has 0 aliphatic rings. The van der Waals surface area contributed by atoms with Crippen LogP contribution in [-0.2, 0) is 14.3 Å². The molecule has 0 heterocycles. The monoisotopic (exact) mass is 424 g/mol. The maximum atomic E-state index is 12.8. The highest BCUT2D eigenvalue weighted by Crippen LogP contribution is 2.25. The quantitative estimate of drug-likeness (QED) is 0.371. The molecule has 162 valence electrons. The molecule has 0 bridgehead atoms. The van der Waals surface area contributed by atoms with Gasteiger partial charge in [-0.05, 0) is 24.6 Å². The fourth-order valence-corrected chi connectivity index (χ4v) is 2.60. The van der Waals surface area contributed by atoms with Gasteiger partial charge < -0.3 is 15.4 Å². The van der Waals surface area contributed by atoms with Crippen LogP contribution in [0.3, 0.4) is 0 Å². The smallest absolute Gasteiger partial charge is 0.413 e. The Morgan fingerprint density at radius 2 is 1.65 bits per heavy atom. The van der Waals surface area contributed by atoms with Gasteiger partial charge in [-0.2, -0.15) is 4.99 Å². The number of ketones is 1. The standard InChI is InChI=1S/C22H24N4O5/c1-4-8-19(28)25-21(26-22(30)31-3)24-18-13-16(11-12-17(18)23-14(2)27)20(29)15-9-6-5-7-10-15/h5-7,9-13H,4,8H2,1-3H3,(H,23,27)(H2,24,25,26,28,30). The van der Waals surface area contributed by atoms with Crippen molar-refractivity contribution < 1.29 is 23.9 Å². The van der Waals surface area contributed by atoms with Crippen molar-refractivity contribution in [3.8, 4) is 0 Å². The van der Waals surface area contributed by atoms with Crippen LogP contribution in [0, 0.1) is 0 Å². The first kappa shape index (κ1) is 23.3. The second kappa shape index (κ2) is 11.2. The number of aliphatic imine (C=N–C) groups is 1. The van der Waals surface area contributed by atoms with E-state index in [1.165, 1.54) is 20.1 Å². The van der Waals surface area contributed by atoms with Gasteiger partial charge in [-0.3, -0.25) is 19.7 Å². The minimum atomic E-state index is -0.840. The highest BCUT2D eigenvalue weighted by Gasteiger charge is 2.16. The molecule has 0 unspecified atom stereocenters. The van der Waals surface area contributed by atoms with Crippen LogP contribution in [0.5, 0.6) is 0 Å². The van der Waals surface area contributed by atoms with Gasteiger partial charge in [-0.25, -0.2) is 4.79 Å². The van der Waals surface area contributed by atoms with Crippen molar-refractivity contribution in [1.82, 2.24) is 5.32 Å². The summed E-state index contributed by atoms with van der Waals surface area (Å²) in [5.41, 5.74) is 1.41. The number of hydrogen-bond acceptors (Lipinski definition) is 5. The summed E-state index contributed by atoms with van der Waals surface area (Å²) in [5, 5.41) is 7.76. The van der Waals surface area contributed by atoms with E-state index < -0.39 is 12.0 Å². The van der Waals surface area contributed by atoms with Gasteiger partial charge in [0.25, 0.3) is 0 Å². The molecule has 3 amide bonds. The summed E-state index contributed by atoms with van der Waals surface area (Å²) in [6.45, 7) is 3.15. The first-order valence-corrected chi connectivity index (χ1v) is 9.59. The second-order valence-corrected chi connectivity index (χ2v) is 6.48. The molecule has 2 aromatic rings. The summed E-state index contributed by atoms with van der Waals surface area (Å²) in [6.07, 6.45) is -0.0846. The van der Waals surface area contributed by atoms with Crippen molar-refractivity contribution in [2.24, 2.45) is 4.99 Å². The number of nitrogens with zero attached hydrogens (tertiary/aromatic N) is 1. The summed E-state index contributed by atoms with van der Waals surface area (Å²) >= 11 is 0. The van der Waals surface area contributed by atoms with E-state index in [0.29, 0.717) is 23.2 Å². The number of methoxy groups -OCH3 is 1. The number of anilines is 2. The highest BCUT2D eigenvalue weighted by atomic mass is 16.5. The number of amides is 3. The van der Waals surface area contributed by atoms with Crippen LogP contribution in [0.4, 0.5) is 16.2 Å². The Hall–Kier alpha value is -4.01. The van der Waals surface area contributed by atoms with E-state index in [2.05, 4.69) is 25.7 Å². The predicted octanol–water partition coefficient (Wildman–Crippen LogP) is 3.33. The number of rotatable bonds is 6. The van der Waals surface area contributed by atoms with Crippen molar-refractivity contribution in [3.05, 3.63) is 59.7 Å². The Balaban J connectivity index is 2.45. The molecule has 0 saturated heterocycles. The number of carbonyl (C=O) groups excluding carboxylic acids is 4. The van der Waals surface area contributed by atoms with Crippen molar-refractivity contribution in [3.63, 3.8) is 0 Å². The van der Waals surface area contributed by atoms with E-state index in [1.807, 2.05) is 6.92 Å². The van der Waals surface area contributed by atoms with Crippen LogP contribution in [0.15, 0.2) is 53.5 Å². The van der Waals surface area contributed by atoms with Crippen LogP contribution in [0.25, 0.3) is 0 Å². The fourth-order valence-electron chi connectivity index (χ4n) is 2.60. The zero-order chi connectivity index (χ0) is 22.8. The lowest BCUT2D eigenvalue weighted by Gasteiger charge is -2.15. The molecule has 0 aliphatic carbocycles. The first-order chi connectivity index (χ1) is 14.8. The lowest BCUT2D eigenvalue weighted by molar-refractivity contribution is -0.118. The zero-order valence-electron chi connectivity index (χ0n) is 17.5. The highest BCUT2D eigenvalue weighted by molar-refractivity contribution is 6.12. The fraction of sp³-hybridized carbons (Fsp3) is 0.227. The maximum absolute atomic E-state index is 12.8. The molecule has 2 rings (SSSR count). The SMILES string of the molecule is CCCC(=O)/N=C(\NC(=O)OC)Nc1cc(C(=O)c2ccccc2)ccc1NC(C)=O. The van der Waals surface area contributed by atoms with Crippen LogP contribution in [-0.4, -0.2) is 36.8 Å². The van der Waals surface area contributed by atoms with Gasteiger partial charge in [0.2, 0.25) is 17.8 Å². The summed E-state index contributed by atoms with van der Waals surface area (Å²) in [6, 6.07) is 13.3. The molecule has 2 aromatic carbocycles. The third kappa shape index (κ3) is 7.07. The summed E-state index contributed by atoms with van der Waals surface area (Å²) < 4.78 is 4.57. The molecule has 9 heteroatoms. The summed E-state index contributed by atoms with van der Waals surface area (Å²) in [4.78, 5) is 52.0. The van der Waals surface area contributed by atoms with Crippen molar-refractivity contribution >= 4 is 41.0 Å². The number of guanidine groups is 1. The third-order valence-corrected chi connectivity index (χ3v) is 3.99. The number of benzene rings is 2. The Morgan fingerprint density at radius 1 is 0.935 bits per heavy atom. The molecular formula is C22H24N4O5. The van der Waals surface area contributed by atoms with Gasteiger partial charge in [0.15, 0.2) is 5.78 Å². The van der Waals surface area contributed by atoms with E-state index >= 15 is 0 Å². The minimum Gasteiger partial charge on any atom is -0.453 e. The van der Waals surface area contributed by atoms with Crippen molar-refractivity contribution in [1.29, 1.82) is 0 Å². The van der Waals surface area contributed by atoms with Gasteiger partial charge in [0, 0.05) is 24.5 Å². The zero-order valence-corrected chi connectivity index (χ0v) is 17.5. The molecule has 3 N–H and O–H groups in total.